The van der Waals surface area contributed by atoms with Crippen LogP contribution in [0, 0.1) is 11.6 Å². The second-order valence-electron chi connectivity index (χ2n) is 3.17. The predicted molar refractivity (Wildman–Crippen MR) is 51.2 cm³/mol. The van der Waals surface area contributed by atoms with Gasteiger partial charge in [0.15, 0.2) is 0 Å². The van der Waals surface area contributed by atoms with Crippen LogP contribution in [0.3, 0.4) is 0 Å². The number of halogens is 2. The Morgan fingerprint density at radius 2 is 1.80 bits per heavy atom. The molecular formula is C11H12F2O2. The molecule has 0 fully saturated rings. The van der Waals surface area contributed by atoms with E-state index >= 15 is 0 Å². The maximum Gasteiger partial charge on any atom is 0.302 e. The Morgan fingerprint density at radius 3 is 2.33 bits per heavy atom. The average molecular weight is 214 g/mol. The van der Waals surface area contributed by atoms with E-state index in [0.29, 0.717) is 12.0 Å². The molecule has 0 unspecified atom stereocenters. The van der Waals surface area contributed by atoms with E-state index in [1.807, 2.05) is 0 Å². The van der Waals surface area contributed by atoms with Crippen molar-refractivity contribution in [2.45, 2.75) is 26.9 Å². The lowest BCUT2D eigenvalue weighted by Crippen LogP contribution is -2.03. The maximum atomic E-state index is 13.3. The summed E-state index contributed by atoms with van der Waals surface area (Å²) in [5.41, 5.74) is 0.374. The molecule has 0 atom stereocenters. The molecule has 0 saturated heterocycles. The highest BCUT2D eigenvalue weighted by Crippen LogP contribution is 2.16. The summed E-state index contributed by atoms with van der Waals surface area (Å²) in [5.74, 6) is -1.54. The number of hydrogen-bond acceptors (Lipinski definition) is 2. The molecule has 0 amide bonds. The Labute approximate surface area is 86.9 Å². The van der Waals surface area contributed by atoms with Gasteiger partial charge in [0.1, 0.15) is 18.2 Å². The van der Waals surface area contributed by atoms with E-state index in [1.54, 1.807) is 6.92 Å². The molecule has 0 aliphatic carbocycles. The molecule has 0 heterocycles. The van der Waals surface area contributed by atoms with Crippen LogP contribution in [0.4, 0.5) is 8.78 Å². The third-order valence-corrected chi connectivity index (χ3v) is 2.03. The van der Waals surface area contributed by atoms with Crippen molar-refractivity contribution in [1.29, 1.82) is 0 Å². The predicted octanol–water partition coefficient (Wildman–Crippen LogP) is 2.59. The van der Waals surface area contributed by atoms with E-state index in [1.165, 1.54) is 6.92 Å². The molecule has 0 radical (unpaired) electrons. The molecule has 0 aliphatic heterocycles. The van der Waals surface area contributed by atoms with Gasteiger partial charge in [-0.05, 0) is 24.1 Å². The summed E-state index contributed by atoms with van der Waals surface area (Å²) in [4.78, 5) is 10.5. The Hall–Kier alpha value is -1.45. The molecule has 2 nitrogen and oxygen atoms in total. The standard InChI is InChI=1S/C11H12F2O2/c1-3-8-4-11(13)9(5-10(8)12)6-15-7(2)14/h4-5H,3,6H2,1-2H3. The van der Waals surface area contributed by atoms with Gasteiger partial charge < -0.3 is 4.74 Å². The minimum absolute atomic E-state index is 0.0555. The Balaban J connectivity index is 2.90. The smallest absolute Gasteiger partial charge is 0.302 e. The Morgan fingerprint density at radius 1 is 1.27 bits per heavy atom. The van der Waals surface area contributed by atoms with E-state index in [9.17, 15) is 13.6 Å². The van der Waals surface area contributed by atoms with Crippen molar-refractivity contribution in [3.8, 4) is 0 Å². The number of esters is 1. The first-order valence-corrected chi connectivity index (χ1v) is 4.64. The van der Waals surface area contributed by atoms with Crippen molar-refractivity contribution >= 4 is 5.97 Å². The topological polar surface area (TPSA) is 26.3 Å². The van der Waals surface area contributed by atoms with Crippen molar-refractivity contribution in [3.63, 3.8) is 0 Å². The van der Waals surface area contributed by atoms with Crippen LogP contribution in [0.25, 0.3) is 0 Å². The summed E-state index contributed by atoms with van der Waals surface area (Å²) in [7, 11) is 0. The van der Waals surface area contributed by atoms with Crippen molar-refractivity contribution in [3.05, 3.63) is 34.9 Å². The van der Waals surface area contributed by atoms with Crippen molar-refractivity contribution in [2.24, 2.45) is 0 Å². The first kappa shape index (κ1) is 11.6. The summed E-state index contributed by atoms with van der Waals surface area (Å²) in [6.07, 6.45) is 0.427. The highest BCUT2D eigenvalue weighted by Gasteiger charge is 2.09. The van der Waals surface area contributed by atoms with Gasteiger partial charge in [-0.25, -0.2) is 8.78 Å². The molecule has 1 rings (SSSR count). The van der Waals surface area contributed by atoms with Crippen LogP contribution in [0.2, 0.25) is 0 Å². The molecule has 0 saturated carbocycles. The monoisotopic (exact) mass is 214 g/mol. The molecule has 15 heavy (non-hydrogen) atoms. The van der Waals surface area contributed by atoms with Crippen LogP contribution < -0.4 is 0 Å². The largest absolute Gasteiger partial charge is 0.461 e. The third kappa shape index (κ3) is 3.01. The molecule has 0 aromatic heterocycles. The van der Waals surface area contributed by atoms with E-state index in [2.05, 4.69) is 4.74 Å². The van der Waals surface area contributed by atoms with Crippen LogP contribution in [0.15, 0.2) is 12.1 Å². The lowest BCUT2D eigenvalue weighted by atomic mass is 10.1. The van der Waals surface area contributed by atoms with Gasteiger partial charge >= 0.3 is 5.97 Å². The van der Waals surface area contributed by atoms with E-state index in [-0.39, 0.29) is 12.2 Å². The van der Waals surface area contributed by atoms with E-state index in [0.717, 1.165) is 12.1 Å². The minimum atomic E-state index is -0.547. The number of hydrogen-bond donors (Lipinski definition) is 0. The van der Waals surface area contributed by atoms with Gasteiger partial charge in [-0.3, -0.25) is 4.79 Å². The van der Waals surface area contributed by atoms with Crippen molar-refractivity contribution < 1.29 is 18.3 Å². The lowest BCUT2D eigenvalue weighted by molar-refractivity contribution is -0.142. The fourth-order valence-electron chi connectivity index (χ4n) is 1.19. The van der Waals surface area contributed by atoms with Crippen LogP contribution in [0.1, 0.15) is 25.0 Å². The zero-order chi connectivity index (χ0) is 11.4. The van der Waals surface area contributed by atoms with Crippen molar-refractivity contribution in [1.82, 2.24) is 0 Å². The number of ether oxygens (including phenoxy) is 1. The highest BCUT2D eigenvalue weighted by molar-refractivity contribution is 5.65. The summed E-state index contributed by atoms with van der Waals surface area (Å²) in [6.45, 7) is 2.72. The second-order valence-corrected chi connectivity index (χ2v) is 3.17. The zero-order valence-electron chi connectivity index (χ0n) is 8.64. The molecule has 0 N–H and O–H groups in total. The van der Waals surface area contributed by atoms with Crippen LogP contribution >= 0.6 is 0 Å². The molecule has 1 aromatic carbocycles. The molecule has 0 bridgehead atoms. The van der Waals surface area contributed by atoms with Crippen LogP contribution in [0.5, 0.6) is 0 Å². The van der Waals surface area contributed by atoms with Crippen LogP contribution in [-0.4, -0.2) is 5.97 Å². The minimum Gasteiger partial charge on any atom is -0.461 e. The molecule has 4 heteroatoms. The fraction of sp³-hybridized carbons (Fsp3) is 0.364. The van der Waals surface area contributed by atoms with Gasteiger partial charge in [0.2, 0.25) is 0 Å². The third-order valence-electron chi connectivity index (χ3n) is 2.03. The van der Waals surface area contributed by atoms with E-state index < -0.39 is 17.6 Å². The van der Waals surface area contributed by atoms with Gasteiger partial charge in [-0.15, -0.1) is 0 Å². The maximum absolute atomic E-state index is 13.3. The molecule has 82 valence electrons. The average Bonchev–Trinajstić information content (AvgIpc) is 2.18. The van der Waals surface area contributed by atoms with Crippen molar-refractivity contribution in [2.75, 3.05) is 0 Å². The normalized spacial score (nSPS) is 10.1. The first-order chi connectivity index (χ1) is 7.04. The first-order valence-electron chi connectivity index (χ1n) is 4.64. The molecule has 0 aliphatic rings. The second kappa shape index (κ2) is 4.87. The zero-order valence-corrected chi connectivity index (χ0v) is 8.64. The van der Waals surface area contributed by atoms with Gasteiger partial charge in [-0.2, -0.15) is 0 Å². The summed E-state index contributed by atoms with van der Waals surface area (Å²) >= 11 is 0. The van der Waals surface area contributed by atoms with Gasteiger partial charge in [0.25, 0.3) is 0 Å². The van der Waals surface area contributed by atoms with Gasteiger partial charge in [0.05, 0.1) is 0 Å². The Kier molecular flexibility index (Phi) is 3.77. The summed E-state index contributed by atoms with van der Waals surface area (Å²) in [5, 5.41) is 0. The molecule has 0 spiro atoms. The lowest BCUT2D eigenvalue weighted by Gasteiger charge is -2.06. The van der Waals surface area contributed by atoms with Gasteiger partial charge in [0, 0.05) is 12.5 Å². The van der Waals surface area contributed by atoms with E-state index in [4.69, 9.17) is 0 Å². The SMILES string of the molecule is CCc1cc(F)c(COC(C)=O)cc1F. The summed E-state index contributed by atoms with van der Waals surface area (Å²) < 4.78 is 31.1. The number of aryl methyl sites for hydroxylation is 1. The number of carbonyl (C=O) groups is 1. The van der Waals surface area contributed by atoms with Gasteiger partial charge in [-0.1, -0.05) is 6.92 Å². The Bertz CT molecular complexity index is 375. The molecular weight excluding hydrogens is 202 g/mol. The quantitative estimate of drug-likeness (QED) is 0.723. The summed E-state index contributed by atoms with van der Waals surface area (Å²) in [6, 6.07) is 2.20. The van der Waals surface area contributed by atoms with Crippen LogP contribution in [-0.2, 0) is 22.6 Å². The highest BCUT2D eigenvalue weighted by atomic mass is 19.1. The fourth-order valence-corrected chi connectivity index (χ4v) is 1.19. The molecule has 1 aromatic rings. The number of benzene rings is 1. The number of carbonyl (C=O) groups excluding carboxylic acids is 1. The number of rotatable bonds is 3.